The van der Waals surface area contributed by atoms with Gasteiger partial charge in [-0.3, -0.25) is 0 Å². The summed E-state index contributed by atoms with van der Waals surface area (Å²) in [5.41, 5.74) is 4.39. The molecule has 0 radical (unpaired) electrons. The van der Waals surface area contributed by atoms with Gasteiger partial charge in [-0.25, -0.2) is 0 Å². The molecule has 0 aromatic rings. The predicted octanol–water partition coefficient (Wildman–Crippen LogP) is 9.88. The quantitative estimate of drug-likeness (QED) is 0.222. The Morgan fingerprint density at radius 2 is 1.65 bits per heavy atom. The molecule has 4 aliphatic carbocycles. The van der Waals surface area contributed by atoms with Crippen molar-refractivity contribution in [1.29, 1.82) is 0 Å². The monoisotopic (exact) mass is 492 g/mol. The SMILES string of the molecule is CC.CC(C)(C)C.CC(C)CCCCC1CCC2C3CC(S)C4=C(CCC(O)C4)C3CCC12C. The zero-order chi connectivity index (χ0) is 25.7. The molecule has 0 aliphatic heterocycles. The average molecular weight is 493 g/mol. The first-order chi connectivity index (χ1) is 15.9. The number of aliphatic hydroxyl groups excluding tert-OH is 1. The number of allylic oxidation sites excluding steroid dienone is 1. The van der Waals surface area contributed by atoms with Crippen molar-refractivity contribution in [3.05, 3.63) is 11.1 Å². The number of hydrogen-bond acceptors (Lipinski definition) is 2. The second-order valence-electron chi connectivity index (χ2n) is 14.1. The lowest BCUT2D eigenvalue weighted by Gasteiger charge is -2.53. The molecule has 0 aromatic carbocycles. The van der Waals surface area contributed by atoms with Crippen LogP contribution in [-0.2, 0) is 0 Å². The van der Waals surface area contributed by atoms with Crippen LogP contribution in [0.1, 0.15) is 139 Å². The summed E-state index contributed by atoms with van der Waals surface area (Å²) in [6, 6.07) is 0. The van der Waals surface area contributed by atoms with E-state index in [4.69, 9.17) is 12.6 Å². The molecule has 0 aromatic heterocycles. The number of rotatable bonds is 5. The van der Waals surface area contributed by atoms with E-state index in [-0.39, 0.29) is 6.10 Å². The summed E-state index contributed by atoms with van der Waals surface area (Å²) in [4.78, 5) is 0. The van der Waals surface area contributed by atoms with Crippen molar-refractivity contribution in [2.45, 2.75) is 151 Å². The third-order valence-corrected chi connectivity index (χ3v) is 9.70. The summed E-state index contributed by atoms with van der Waals surface area (Å²) in [7, 11) is 0. The summed E-state index contributed by atoms with van der Waals surface area (Å²) in [6.45, 7) is 20.1. The van der Waals surface area contributed by atoms with E-state index >= 15 is 0 Å². The van der Waals surface area contributed by atoms with Crippen molar-refractivity contribution in [1.82, 2.24) is 0 Å². The Morgan fingerprint density at radius 1 is 1.00 bits per heavy atom. The highest BCUT2D eigenvalue weighted by atomic mass is 32.1. The first-order valence-electron chi connectivity index (χ1n) is 15.0. The summed E-state index contributed by atoms with van der Waals surface area (Å²) in [6.07, 6.45) is 15.8. The van der Waals surface area contributed by atoms with Crippen LogP contribution in [-0.4, -0.2) is 16.5 Å². The minimum atomic E-state index is -0.106. The summed E-state index contributed by atoms with van der Waals surface area (Å²) in [5, 5.41) is 10.6. The van der Waals surface area contributed by atoms with Gasteiger partial charge in [-0.05, 0) is 98.2 Å². The van der Waals surface area contributed by atoms with E-state index in [1.165, 1.54) is 57.8 Å². The Hall–Kier alpha value is 0.0500. The maximum Gasteiger partial charge on any atom is 0.0580 e. The summed E-state index contributed by atoms with van der Waals surface area (Å²) < 4.78 is 0. The van der Waals surface area contributed by atoms with E-state index in [1.807, 2.05) is 13.8 Å². The Bertz CT molecular complexity index is 638. The normalized spacial score (nSPS) is 37.1. The number of unbranched alkanes of at least 4 members (excludes halogenated alkanes) is 1. The van der Waals surface area contributed by atoms with Gasteiger partial charge in [-0.2, -0.15) is 12.6 Å². The molecule has 2 heteroatoms. The van der Waals surface area contributed by atoms with Gasteiger partial charge in [0.2, 0.25) is 0 Å². The maximum absolute atomic E-state index is 10.2. The van der Waals surface area contributed by atoms with Gasteiger partial charge < -0.3 is 5.11 Å². The summed E-state index contributed by atoms with van der Waals surface area (Å²) in [5.74, 6) is 4.47. The highest BCUT2D eigenvalue weighted by Gasteiger charge is 2.55. The molecule has 0 spiro atoms. The van der Waals surface area contributed by atoms with Crippen LogP contribution in [0.4, 0.5) is 0 Å². The van der Waals surface area contributed by atoms with Gasteiger partial charge in [0.15, 0.2) is 0 Å². The lowest BCUT2D eigenvalue weighted by Crippen LogP contribution is -2.46. The highest BCUT2D eigenvalue weighted by molar-refractivity contribution is 7.81. The van der Waals surface area contributed by atoms with Gasteiger partial charge in [-0.15, -0.1) is 0 Å². The van der Waals surface area contributed by atoms with Gasteiger partial charge in [0, 0.05) is 5.25 Å². The zero-order valence-corrected chi connectivity index (χ0v) is 25.3. The number of thiol groups is 1. The molecule has 0 amide bonds. The Morgan fingerprint density at radius 3 is 2.26 bits per heavy atom. The van der Waals surface area contributed by atoms with Gasteiger partial charge in [0.05, 0.1) is 6.10 Å². The van der Waals surface area contributed by atoms with E-state index in [9.17, 15) is 5.11 Å². The minimum Gasteiger partial charge on any atom is -0.393 e. The van der Waals surface area contributed by atoms with Crippen LogP contribution in [0.25, 0.3) is 0 Å². The fraction of sp³-hybridized carbons (Fsp3) is 0.938. The standard InChI is InChI=1S/C25H42OS.C5H12.C2H6/c1-16(2)6-4-5-7-17-8-11-23-21-15-24(27)22-14-18(26)9-10-19(22)20(21)12-13-25(17,23)3;1-5(2,3)4;1-2/h16-18,20-21,23-24,26-27H,4-15H2,1-3H3;1-4H3;1-2H3. The zero-order valence-electron chi connectivity index (χ0n) is 24.4. The van der Waals surface area contributed by atoms with Crippen molar-refractivity contribution in [2.75, 3.05) is 0 Å². The van der Waals surface area contributed by atoms with Gasteiger partial charge >= 0.3 is 0 Å². The Kier molecular flexibility index (Phi) is 11.6. The smallest absolute Gasteiger partial charge is 0.0580 e. The fourth-order valence-electron chi connectivity index (χ4n) is 7.72. The molecule has 1 nitrogen and oxygen atoms in total. The van der Waals surface area contributed by atoms with Crippen LogP contribution in [0.3, 0.4) is 0 Å². The lowest BCUT2D eigenvalue weighted by molar-refractivity contribution is 0.00888. The molecule has 4 rings (SSSR count). The predicted molar refractivity (Wildman–Crippen MR) is 155 cm³/mol. The molecule has 2 saturated carbocycles. The van der Waals surface area contributed by atoms with E-state index in [2.05, 4.69) is 48.5 Å². The van der Waals surface area contributed by atoms with E-state index in [0.717, 1.165) is 48.9 Å². The van der Waals surface area contributed by atoms with E-state index in [0.29, 0.717) is 16.1 Å². The lowest BCUT2D eigenvalue weighted by atomic mass is 9.52. The molecule has 2 fully saturated rings. The molecule has 1 N–H and O–H groups in total. The van der Waals surface area contributed by atoms with Crippen molar-refractivity contribution in [3.63, 3.8) is 0 Å². The second-order valence-corrected chi connectivity index (χ2v) is 14.7. The van der Waals surface area contributed by atoms with E-state index < -0.39 is 0 Å². The van der Waals surface area contributed by atoms with Crippen molar-refractivity contribution in [3.8, 4) is 0 Å². The van der Waals surface area contributed by atoms with Gasteiger partial charge in [0.25, 0.3) is 0 Å². The fourth-order valence-corrected chi connectivity index (χ4v) is 8.23. The number of aliphatic hydroxyl groups is 1. The second kappa shape index (κ2) is 13.0. The molecule has 200 valence electrons. The molecule has 0 saturated heterocycles. The maximum atomic E-state index is 10.2. The number of fused-ring (bicyclic) bond motifs is 4. The van der Waals surface area contributed by atoms with Crippen molar-refractivity contribution >= 4 is 12.6 Å². The number of hydrogen-bond donors (Lipinski definition) is 2. The van der Waals surface area contributed by atoms with Gasteiger partial charge in [-0.1, -0.05) is 92.7 Å². The molecular weight excluding hydrogens is 432 g/mol. The molecule has 34 heavy (non-hydrogen) atoms. The Labute approximate surface area is 219 Å². The highest BCUT2D eigenvalue weighted by Crippen LogP contribution is 2.64. The first-order valence-corrected chi connectivity index (χ1v) is 15.5. The minimum absolute atomic E-state index is 0.106. The first kappa shape index (κ1) is 30.3. The third-order valence-electron chi connectivity index (χ3n) is 9.18. The molecule has 0 bridgehead atoms. The van der Waals surface area contributed by atoms with Crippen LogP contribution in [0, 0.1) is 40.4 Å². The van der Waals surface area contributed by atoms with Crippen LogP contribution in [0.5, 0.6) is 0 Å². The third kappa shape index (κ3) is 7.77. The molecule has 0 heterocycles. The molecule has 7 atom stereocenters. The molecule has 7 unspecified atom stereocenters. The van der Waals surface area contributed by atoms with E-state index in [1.54, 1.807) is 11.1 Å². The van der Waals surface area contributed by atoms with Crippen LogP contribution < -0.4 is 0 Å². The van der Waals surface area contributed by atoms with Crippen LogP contribution in [0.2, 0.25) is 0 Å². The van der Waals surface area contributed by atoms with Crippen LogP contribution >= 0.6 is 12.6 Å². The van der Waals surface area contributed by atoms with Gasteiger partial charge in [0.1, 0.15) is 0 Å². The summed E-state index contributed by atoms with van der Waals surface area (Å²) >= 11 is 5.04. The largest absolute Gasteiger partial charge is 0.393 e. The van der Waals surface area contributed by atoms with Crippen LogP contribution in [0.15, 0.2) is 11.1 Å². The van der Waals surface area contributed by atoms with Crippen molar-refractivity contribution in [2.24, 2.45) is 40.4 Å². The topological polar surface area (TPSA) is 20.2 Å². The molecular formula is C32H60OS. The average Bonchev–Trinajstić information content (AvgIpc) is 3.08. The Balaban J connectivity index is 0.000000520. The molecule has 4 aliphatic rings. The van der Waals surface area contributed by atoms with Crippen molar-refractivity contribution < 1.29 is 5.11 Å².